The topological polar surface area (TPSA) is 98.6 Å². The summed E-state index contributed by atoms with van der Waals surface area (Å²) in [5.74, 6) is -0.996. The van der Waals surface area contributed by atoms with E-state index in [0.717, 1.165) is 0 Å². The zero-order valence-electron chi connectivity index (χ0n) is 9.02. The average molecular weight is 220 g/mol. The van der Waals surface area contributed by atoms with Crippen molar-refractivity contribution in [3.05, 3.63) is 22.5 Å². The van der Waals surface area contributed by atoms with Gasteiger partial charge in [-0.1, -0.05) is 13.8 Å². The second-order valence-corrected chi connectivity index (χ2v) is 3.65. The number of H-pyrrole nitrogens is 1. The largest absolute Gasteiger partial charge is 0.308 e. The van der Waals surface area contributed by atoms with Crippen molar-refractivity contribution in [1.29, 1.82) is 5.26 Å². The predicted molar refractivity (Wildman–Crippen MR) is 57.4 cm³/mol. The molecular weight excluding hydrogens is 208 g/mol. The van der Waals surface area contributed by atoms with Gasteiger partial charge in [-0.2, -0.15) is 10.4 Å². The van der Waals surface area contributed by atoms with Gasteiger partial charge in [0.05, 0.1) is 6.07 Å². The van der Waals surface area contributed by atoms with Gasteiger partial charge < -0.3 is 5.32 Å². The first kappa shape index (κ1) is 11.9. The van der Waals surface area contributed by atoms with Gasteiger partial charge in [-0.3, -0.25) is 9.59 Å². The number of nitrogens with one attached hydrogen (secondary N) is 2. The molecule has 1 amide bonds. The summed E-state index contributed by atoms with van der Waals surface area (Å²) >= 11 is 0. The zero-order chi connectivity index (χ0) is 12.1. The van der Waals surface area contributed by atoms with Crippen LogP contribution in [-0.2, 0) is 4.79 Å². The first-order valence-electron chi connectivity index (χ1n) is 4.81. The third-order valence-corrected chi connectivity index (χ3v) is 2.02. The molecule has 0 radical (unpaired) electrons. The van der Waals surface area contributed by atoms with E-state index in [2.05, 4.69) is 15.5 Å². The summed E-state index contributed by atoms with van der Waals surface area (Å²) in [7, 11) is 0. The van der Waals surface area contributed by atoms with E-state index in [4.69, 9.17) is 5.26 Å². The van der Waals surface area contributed by atoms with Crippen LogP contribution in [-0.4, -0.2) is 16.1 Å². The standard InChI is InChI=1S/C10H12N4O2/c1-6(2)7(5-11)10(16)12-8-3-4-9(15)14-13-8/h3-4,6-7H,1-2H3,(H,14,15)(H,12,13,16). The number of aromatic nitrogens is 2. The SMILES string of the molecule is CC(C)C(C#N)C(=O)Nc1ccc(=O)[nH]n1. The van der Waals surface area contributed by atoms with Crippen molar-refractivity contribution >= 4 is 11.7 Å². The Kier molecular flexibility index (Phi) is 3.78. The molecule has 0 aromatic carbocycles. The number of nitrogens with zero attached hydrogens (tertiary/aromatic N) is 2. The molecule has 1 heterocycles. The lowest BCUT2D eigenvalue weighted by molar-refractivity contribution is -0.119. The maximum atomic E-state index is 11.6. The van der Waals surface area contributed by atoms with Crippen LogP contribution in [0, 0.1) is 23.2 Å². The van der Waals surface area contributed by atoms with E-state index in [0.29, 0.717) is 0 Å². The first-order chi connectivity index (χ1) is 7.54. The molecule has 0 aliphatic heterocycles. The molecule has 0 fully saturated rings. The van der Waals surface area contributed by atoms with E-state index in [1.807, 2.05) is 6.07 Å². The van der Waals surface area contributed by atoms with Crippen LogP contribution in [0.2, 0.25) is 0 Å². The summed E-state index contributed by atoms with van der Waals surface area (Å²) in [5.41, 5.74) is -0.348. The molecule has 0 spiro atoms. The lowest BCUT2D eigenvalue weighted by Gasteiger charge is -2.11. The number of amides is 1. The van der Waals surface area contributed by atoms with Gasteiger partial charge >= 0.3 is 0 Å². The van der Waals surface area contributed by atoms with Crippen LogP contribution in [0.15, 0.2) is 16.9 Å². The summed E-state index contributed by atoms with van der Waals surface area (Å²) in [4.78, 5) is 22.3. The number of rotatable bonds is 3. The van der Waals surface area contributed by atoms with E-state index in [1.165, 1.54) is 12.1 Å². The minimum atomic E-state index is -0.728. The Morgan fingerprint density at radius 1 is 1.56 bits per heavy atom. The Hall–Kier alpha value is -2.16. The number of carbonyl (C=O) groups is 1. The van der Waals surface area contributed by atoms with Crippen molar-refractivity contribution in [2.45, 2.75) is 13.8 Å². The van der Waals surface area contributed by atoms with Crippen molar-refractivity contribution in [2.24, 2.45) is 11.8 Å². The molecule has 6 nitrogen and oxygen atoms in total. The Balaban J connectivity index is 2.75. The molecule has 1 rings (SSSR count). The maximum absolute atomic E-state index is 11.6. The summed E-state index contributed by atoms with van der Waals surface area (Å²) in [6, 6.07) is 4.55. The van der Waals surface area contributed by atoms with Crippen molar-refractivity contribution in [3.8, 4) is 6.07 Å². The van der Waals surface area contributed by atoms with Crippen molar-refractivity contribution in [2.75, 3.05) is 5.32 Å². The van der Waals surface area contributed by atoms with Crippen molar-refractivity contribution in [1.82, 2.24) is 10.2 Å². The van der Waals surface area contributed by atoms with E-state index < -0.39 is 11.8 Å². The number of aromatic amines is 1. The fourth-order valence-electron chi connectivity index (χ4n) is 1.13. The van der Waals surface area contributed by atoms with Crippen LogP contribution in [0.5, 0.6) is 0 Å². The van der Waals surface area contributed by atoms with Crippen molar-refractivity contribution < 1.29 is 4.79 Å². The molecule has 1 unspecified atom stereocenters. The predicted octanol–water partition coefficient (Wildman–Crippen LogP) is 0.504. The number of hydrogen-bond acceptors (Lipinski definition) is 4. The molecule has 0 aliphatic carbocycles. The van der Waals surface area contributed by atoms with E-state index in [-0.39, 0.29) is 17.3 Å². The normalized spacial score (nSPS) is 11.9. The van der Waals surface area contributed by atoms with Crippen LogP contribution in [0.3, 0.4) is 0 Å². The van der Waals surface area contributed by atoms with E-state index >= 15 is 0 Å². The summed E-state index contributed by atoms with van der Waals surface area (Å²) in [6.07, 6.45) is 0. The lowest BCUT2D eigenvalue weighted by Crippen LogP contribution is -2.26. The van der Waals surface area contributed by atoms with Gasteiger partial charge in [0.1, 0.15) is 5.92 Å². The quantitative estimate of drug-likeness (QED) is 0.774. The number of anilines is 1. The lowest BCUT2D eigenvalue weighted by atomic mass is 9.97. The smallest absolute Gasteiger partial charge is 0.264 e. The molecule has 0 saturated heterocycles. The number of carbonyl (C=O) groups excluding carboxylic acids is 1. The minimum absolute atomic E-state index is 0.0761. The monoisotopic (exact) mass is 220 g/mol. The highest BCUT2D eigenvalue weighted by molar-refractivity contribution is 5.93. The summed E-state index contributed by atoms with van der Waals surface area (Å²) in [5, 5.41) is 17.1. The van der Waals surface area contributed by atoms with Crippen LogP contribution in [0.25, 0.3) is 0 Å². The fourth-order valence-corrected chi connectivity index (χ4v) is 1.13. The molecule has 0 saturated carbocycles. The summed E-state index contributed by atoms with van der Waals surface area (Å²) < 4.78 is 0. The second-order valence-electron chi connectivity index (χ2n) is 3.65. The molecule has 0 aliphatic rings. The van der Waals surface area contributed by atoms with Gasteiger partial charge in [-0.25, -0.2) is 5.10 Å². The third-order valence-electron chi connectivity index (χ3n) is 2.02. The molecule has 2 N–H and O–H groups in total. The van der Waals surface area contributed by atoms with Crippen LogP contribution in [0.4, 0.5) is 5.82 Å². The molecular formula is C10H12N4O2. The van der Waals surface area contributed by atoms with Gasteiger partial charge in [-0.15, -0.1) is 0 Å². The molecule has 16 heavy (non-hydrogen) atoms. The fraction of sp³-hybridized carbons (Fsp3) is 0.400. The van der Waals surface area contributed by atoms with E-state index in [1.54, 1.807) is 13.8 Å². The molecule has 6 heteroatoms. The maximum Gasteiger partial charge on any atom is 0.264 e. The highest BCUT2D eigenvalue weighted by atomic mass is 16.2. The zero-order valence-corrected chi connectivity index (χ0v) is 9.02. The van der Waals surface area contributed by atoms with Crippen LogP contribution < -0.4 is 10.9 Å². The van der Waals surface area contributed by atoms with E-state index in [9.17, 15) is 9.59 Å². The Bertz CT molecular complexity index is 452. The second kappa shape index (κ2) is 5.07. The van der Waals surface area contributed by atoms with Crippen LogP contribution in [0.1, 0.15) is 13.8 Å². The number of hydrogen-bond donors (Lipinski definition) is 2. The Morgan fingerprint density at radius 3 is 2.69 bits per heavy atom. The van der Waals surface area contributed by atoms with Crippen LogP contribution >= 0.6 is 0 Å². The van der Waals surface area contributed by atoms with Gasteiger partial charge in [0.25, 0.3) is 5.56 Å². The minimum Gasteiger partial charge on any atom is -0.308 e. The van der Waals surface area contributed by atoms with Gasteiger partial charge in [0.2, 0.25) is 5.91 Å². The van der Waals surface area contributed by atoms with Gasteiger partial charge in [0, 0.05) is 6.07 Å². The van der Waals surface area contributed by atoms with Gasteiger partial charge in [0.15, 0.2) is 5.82 Å². The molecule has 1 aromatic rings. The highest BCUT2D eigenvalue weighted by Gasteiger charge is 2.21. The molecule has 1 atom stereocenters. The van der Waals surface area contributed by atoms with Gasteiger partial charge in [-0.05, 0) is 12.0 Å². The molecule has 84 valence electrons. The number of nitriles is 1. The molecule has 0 bridgehead atoms. The first-order valence-corrected chi connectivity index (χ1v) is 4.81. The molecule has 1 aromatic heterocycles. The highest BCUT2D eigenvalue weighted by Crippen LogP contribution is 2.11. The average Bonchev–Trinajstić information content (AvgIpc) is 2.22. The van der Waals surface area contributed by atoms with Crippen molar-refractivity contribution in [3.63, 3.8) is 0 Å². The Labute approximate surface area is 92.3 Å². The summed E-state index contributed by atoms with van der Waals surface area (Å²) in [6.45, 7) is 3.57. The third kappa shape index (κ3) is 2.92. The Morgan fingerprint density at radius 2 is 2.25 bits per heavy atom.